The molecule has 7 nitrogen and oxygen atoms in total. The lowest BCUT2D eigenvalue weighted by Gasteiger charge is -2.13. The third-order valence-electron chi connectivity index (χ3n) is 3.58. The van der Waals surface area contributed by atoms with Gasteiger partial charge in [-0.3, -0.25) is 0 Å². The fraction of sp³-hybridized carbons (Fsp3) is 0.294. The molecule has 0 saturated heterocycles. The fourth-order valence-electron chi connectivity index (χ4n) is 2.43. The van der Waals surface area contributed by atoms with E-state index in [2.05, 4.69) is 20.3 Å². The van der Waals surface area contributed by atoms with Gasteiger partial charge in [0.2, 0.25) is 0 Å². The van der Waals surface area contributed by atoms with Gasteiger partial charge in [0.1, 0.15) is 11.5 Å². The van der Waals surface area contributed by atoms with Crippen LogP contribution in [-0.4, -0.2) is 35.2 Å². The Balaban J connectivity index is 1.88. The number of pyridine rings is 2. The Hall–Kier alpha value is -2.80. The van der Waals surface area contributed by atoms with Crippen LogP contribution in [-0.2, 0) is 0 Å². The van der Waals surface area contributed by atoms with Crippen molar-refractivity contribution in [2.45, 2.75) is 13.3 Å². The highest BCUT2D eigenvalue weighted by molar-refractivity contribution is 5.91. The molecule has 3 aromatic heterocycles. The lowest BCUT2D eigenvalue weighted by Crippen LogP contribution is -2.07. The number of anilines is 2. The first-order chi connectivity index (χ1) is 11.7. The largest absolute Gasteiger partial charge is 0.491 e. The number of methoxy groups -OCH3 is 1. The molecule has 126 valence electrons. The highest BCUT2D eigenvalue weighted by Gasteiger charge is 2.10. The molecule has 4 N–H and O–H groups in total. The predicted molar refractivity (Wildman–Crippen MR) is 94.1 cm³/mol. The van der Waals surface area contributed by atoms with Gasteiger partial charge in [-0.15, -0.1) is 0 Å². The van der Waals surface area contributed by atoms with E-state index in [4.69, 9.17) is 15.2 Å². The van der Waals surface area contributed by atoms with Gasteiger partial charge in [-0.2, -0.15) is 0 Å². The Bertz CT molecular complexity index is 831. The van der Waals surface area contributed by atoms with E-state index in [9.17, 15) is 0 Å². The second-order valence-electron chi connectivity index (χ2n) is 5.39. The summed E-state index contributed by atoms with van der Waals surface area (Å²) in [7, 11) is 1.59. The van der Waals surface area contributed by atoms with Crippen molar-refractivity contribution in [3.8, 4) is 11.5 Å². The van der Waals surface area contributed by atoms with E-state index < -0.39 is 0 Å². The van der Waals surface area contributed by atoms with Crippen LogP contribution in [0, 0.1) is 6.92 Å². The maximum atomic E-state index is 5.74. The second kappa shape index (κ2) is 7.18. The van der Waals surface area contributed by atoms with Gasteiger partial charge < -0.3 is 25.5 Å². The van der Waals surface area contributed by atoms with E-state index in [1.165, 1.54) is 0 Å². The zero-order valence-electron chi connectivity index (χ0n) is 13.8. The average molecular weight is 327 g/mol. The topological polar surface area (TPSA) is 98.1 Å². The molecule has 0 aliphatic rings. The number of aryl methyl sites for hydroxylation is 1. The second-order valence-corrected chi connectivity index (χ2v) is 5.39. The van der Waals surface area contributed by atoms with Gasteiger partial charge in [0.25, 0.3) is 0 Å². The standard InChI is InChI=1S/C17H21N5O2/c1-11-8-13(12-4-6-19-17(12)21-11)22-16-9-14(24-7-3-5-18)15(23-2)10-20-16/h4,6,8-10H,3,5,7,18H2,1-2H3,(H2,19,20,21,22). The molecule has 0 fully saturated rings. The summed E-state index contributed by atoms with van der Waals surface area (Å²) in [5.74, 6) is 1.90. The van der Waals surface area contributed by atoms with E-state index in [0.29, 0.717) is 30.5 Å². The van der Waals surface area contributed by atoms with E-state index in [1.54, 1.807) is 13.3 Å². The number of hydrogen-bond donors (Lipinski definition) is 3. The van der Waals surface area contributed by atoms with Crippen molar-refractivity contribution >= 4 is 22.5 Å². The zero-order chi connectivity index (χ0) is 16.9. The van der Waals surface area contributed by atoms with E-state index >= 15 is 0 Å². The molecule has 0 amide bonds. The van der Waals surface area contributed by atoms with Gasteiger partial charge in [-0.1, -0.05) is 0 Å². The number of fused-ring (bicyclic) bond motifs is 1. The van der Waals surface area contributed by atoms with E-state index in [0.717, 1.165) is 28.8 Å². The van der Waals surface area contributed by atoms with Gasteiger partial charge >= 0.3 is 0 Å². The SMILES string of the molecule is COc1cnc(Nc2cc(C)nc3[nH]ccc23)cc1OCCCN. The molecule has 0 spiro atoms. The van der Waals surface area contributed by atoms with Crippen molar-refractivity contribution in [2.24, 2.45) is 5.73 Å². The van der Waals surface area contributed by atoms with Crippen LogP contribution in [0.2, 0.25) is 0 Å². The number of rotatable bonds is 7. The monoisotopic (exact) mass is 327 g/mol. The number of aromatic amines is 1. The molecule has 0 atom stereocenters. The molecule has 0 bridgehead atoms. The smallest absolute Gasteiger partial charge is 0.179 e. The highest BCUT2D eigenvalue weighted by atomic mass is 16.5. The van der Waals surface area contributed by atoms with Gasteiger partial charge in [-0.05, 0) is 32.0 Å². The van der Waals surface area contributed by atoms with Crippen LogP contribution in [0.4, 0.5) is 11.5 Å². The first kappa shape index (κ1) is 16.1. The number of nitrogens with two attached hydrogens (primary N) is 1. The first-order valence-corrected chi connectivity index (χ1v) is 7.80. The normalized spacial score (nSPS) is 10.8. The van der Waals surface area contributed by atoms with Gasteiger partial charge in [0.15, 0.2) is 11.5 Å². The van der Waals surface area contributed by atoms with Crippen LogP contribution < -0.4 is 20.5 Å². The number of hydrogen-bond acceptors (Lipinski definition) is 6. The summed E-state index contributed by atoms with van der Waals surface area (Å²) < 4.78 is 11.0. The molecule has 3 rings (SSSR count). The first-order valence-electron chi connectivity index (χ1n) is 7.80. The number of nitrogens with one attached hydrogen (secondary N) is 2. The maximum Gasteiger partial charge on any atom is 0.179 e. The molecular weight excluding hydrogens is 306 g/mol. The minimum Gasteiger partial charge on any atom is -0.491 e. The summed E-state index contributed by atoms with van der Waals surface area (Å²) in [5.41, 5.74) is 8.20. The van der Waals surface area contributed by atoms with Gasteiger partial charge in [0, 0.05) is 23.3 Å². The maximum absolute atomic E-state index is 5.74. The molecule has 24 heavy (non-hydrogen) atoms. The predicted octanol–water partition coefficient (Wildman–Crippen LogP) is 2.75. The minimum atomic E-state index is 0.534. The van der Waals surface area contributed by atoms with Crippen LogP contribution in [0.1, 0.15) is 12.1 Å². The summed E-state index contributed by atoms with van der Waals surface area (Å²) in [4.78, 5) is 12.0. The third kappa shape index (κ3) is 3.41. The molecular formula is C17H21N5O2. The minimum absolute atomic E-state index is 0.534. The summed E-state index contributed by atoms with van der Waals surface area (Å²) in [5, 5.41) is 4.33. The molecule has 0 aliphatic heterocycles. The molecule has 3 aromatic rings. The molecule has 7 heteroatoms. The van der Waals surface area contributed by atoms with Crippen LogP contribution in [0.5, 0.6) is 11.5 Å². The Morgan fingerprint density at radius 1 is 1.29 bits per heavy atom. The molecule has 0 radical (unpaired) electrons. The summed E-state index contributed by atoms with van der Waals surface area (Å²) >= 11 is 0. The molecule has 0 unspecified atom stereocenters. The molecule has 0 saturated carbocycles. The Labute approximate surface area is 140 Å². The Kier molecular flexibility index (Phi) is 4.81. The van der Waals surface area contributed by atoms with Gasteiger partial charge in [0.05, 0.1) is 25.6 Å². The zero-order valence-corrected chi connectivity index (χ0v) is 13.8. The number of H-pyrrole nitrogens is 1. The Morgan fingerprint density at radius 2 is 2.17 bits per heavy atom. The quantitative estimate of drug-likeness (QED) is 0.577. The van der Waals surface area contributed by atoms with Crippen molar-refractivity contribution in [3.63, 3.8) is 0 Å². The van der Waals surface area contributed by atoms with E-state index in [-0.39, 0.29) is 0 Å². The number of ether oxygens (including phenoxy) is 2. The third-order valence-corrected chi connectivity index (χ3v) is 3.58. The van der Waals surface area contributed by atoms with Crippen molar-refractivity contribution in [1.82, 2.24) is 15.0 Å². The summed E-state index contributed by atoms with van der Waals surface area (Å²) in [6.45, 7) is 3.07. The van der Waals surface area contributed by atoms with Crippen LogP contribution in [0.15, 0.2) is 30.6 Å². The number of aromatic nitrogens is 3. The van der Waals surface area contributed by atoms with Crippen molar-refractivity contribution in [2.75, 3.05) is 25.6 Å². The molecule has 0 aliphatic carbocycles. The van der Waals surface area contributed by atoms with Crippen molar-refractivity contribution < 1.29 is 9.47 Å². The van der Waals surface area contributed by atoms with Gasteiger partial charge in [-0.25, -0.2) is 9.97 Å². The highest BCUT2D eigenvalue weighted by Crippen LogP contribution is 2.31. The van der Waals surface area contributed by atoms with Crippen molar-refractivity contribution in [1.29, 1.82) is 0 Å². The van der Waals surface area contributed by atoms with E-state index in [1.807, 2.05) is 31.3 Å². The average Bonchev–Trinajstić information content (AvgIpc) is 3.04. The number of nitrogens with zero attached hydrogens (tertiary/aromatic N) is 2. The van der Waals surface area contributed by atoms with Crippen LogP contribution in [0.3, 0.4) is 0 Å². The van der Waals surface area contributed by atoms with Crippen LogP contribution in [0.25, 0.3) is 11.0 Å². The molecule has 0 aromatic carbocycles. The Morgan fingerprint density at radius 3 is 2.96 bits per heavy atom. The van der Waals surface area contributed by atoms with Crippen LogP contribution >= 0.6 is 0 Å². The van der Waals surface area contributed by atoms with Crippen molar-refractivity contribution in [3.05, 3.63) is 36.3 Å². The lowest BCUT2D eigenvalue weighted by atomic mass is 10.2. The summed E-state index contributed by atoms with van der Waals surface area (Å²) in [6.07, 6.45) is 4.29. The fourth-order valence-corrected chi connectivity index (χ4v) is 2.43. The lowest BCUT2D eigenvalue weighted by molar-refractivity contribution is 0.291. The molecule has 3 heterocycles. The summed E-state index contributed by atoms with van der Waals surface area (Å²) in [6, 6.07) is 5.78.